The van der Waals surface area contributed by atoms with Gasteiger partial charge in [-0.3, -0.25) is 4.79 Å². The van der Waals surface area contributed by atoms with Crippen LogP contribution >= 0.6 is 12.4 Å². The number of hydrogen-bond donors (Lipinski definition) is 2. The van der Waals surface area contributed by atoms with E-state index in [0.717, 1.165) is 41.4 Å². The molecule has 1 aromatic rings. The van der Waals surface area contributed by atoms with Gasteiger partial charge in [-0.05, 0) is 128 Å². The van der Waals surface area contributed by atoms with Gasteiger partial charge in [0.25, 0.3) is 0 Å². The van der Waals surface area contributed by atoms with E-state index in [4.69, 9.17) is 11.5 Å². The zero-order valence-electron chi connectivity index (χ0n) is 25.0. The first-order valence-electron chi connectivity index (χ1n) is 15.7. The molecule has 4 fully saturated rings. The molecular weight excluding hydrogens is 488 g/mol. The number of nitrogen functional groups attached to an aromatic ring is 1. The van der Waals surface area contributed by atoms with Gasteiger partial charge in [-0.2, -0.15) is 0 Å². The standard InChI is InChI=1S/C27H48.C7H8N2O.ClH/c1-19(2)9-8-10-20(3)23-14-15-24-22-13-12-21-11-6-7-17-26(21,4)25(22)16-18-27(23,24)5;8-6-3-1-5(2-4-6)7(9)10;/h19-25H,6-18H2,1-5H3;1-4H,8H2,(H2,9,10);1H/t20-,21?,22+,23-,24+,25+,26+,27-;;/m1../s1. The summed E-state index contributed by atoms with van der Waals surface area (Å²) in [5.41, 5.74) is 12.9. The van der Waals surface area contributed by atoms with Crippen molar-refractivity contribution in [3.05, 3.63) is 29.8 Å². The molecule has 3 nitrogen and oxygen atoms in total. The van der Waals surface area contributed by atoms with Gasteiger partial charge in [0.05, 0.1) is 0 Å². The number of carbonyl (C=O) groups is 1. The first-order chi connectivity index (χ1) is 17.6. The number of benzene rings is 1. The summed E-state index contributed by atoms with van der Waals surface area (Å²) in [5.74, 6) is 6.72. The highest BCUT2D eigenvalue weighted by molar-refractivity contribution is 5.93. The number of carbonyl (C=O) groups excluding carboxylic acids is 1. The summed E-state index contributed by atoms with van der Waals surface area (Å²) < 4.78 is 0. The second-order valence-corrected chi connectivity index (χ2v) is 14.4. The highest BCUT2D eigenvalue weighted by Gasteiger charge is 2.60. The van der Waals surface area contributed by atoms with Gasteiger partial charge in [0.2, 0.25) is 5.91 Å². The number of amides is 1. The van der Waals surface area contributed by atoms with E-state index >= 15 is 0 Å². The van der Waals surface area contributed by atoms with Gasteiger partial charge in [-0.1, -0.05) is 66.7 Å². The normalized spacial score (nSPS) is 36.5. The molecule has 0 radical (unpaired) electrons. The van der Waals surface area contributed by atoms with Crippen molar-refractivity contribution in [2.75, 3.05) is 5.73 Å². The Morgan fingerprint density at radius 1 is 0.868 bits per heavy atom. The van der Waals surface area contributed by atoms with E-state index in [0.29, 0.717) is 22.1 Å². The van der Waals surface area contributed by atoms with E-state index in [9.17, 15) is 4.79 Å². The highest BCUT2D eigenvalue weighted by atomic mass is 35.5. The van der Waals surface area contributed by atoms with Crippen molar-refractivity contribution in [1.29, 1.82) is 0 Å². The number of rotatable bonds is 6. The smallest absolute Gasteiger partial charge is 0.248 e. The Labute approximate surface area is 240 Å². The molecule has 4 aliphatic carbocycles. The molecule has 1 amide bonds. The van der Waals surface area contributed by atoms with Crippen LogP contribution in [0.15, 0.2) is 24.3 Å². The van der Waals surface area contributed by atoms with Gasteiger partial charge in [0.1, 0.15) is 0 Å². The molecule has 0 heterocycles. The molecule has 4 saturated carbocycles. The summed E-state index contributed by atoms with van der Waals surface area (Å²) in [6.07, 6.45) is 19.9. The minimum absolute atomic E-state index is 0. The van der Waals surface area contributed by atoms with E-state index in [1.165, 1.54) is 32.1 Å². The van der Waals surface area contributed by atoms with Gasteiger partial charge < -0.3 is 11.5 Å². The maximum atomic E-state index is 10.5. The number of nitrogens with two attached hydrogens (primary N) is 2. The molecule has 0 saturated heterocycles. The van der Waals surface area contributed by atoms with E-state index < -0.39 is 5.91 Å². The Kier molecular flexibility index (Phi) is 10.7. The minimum Gasteiger partial charge on any atom is -0.399 e. The highest BCUT2D eigenvalue weighted by Crippen LogP contribution is 2.68. The lowest BCUT2D eigenvalue weighted by molar-refractivity contribution is -0.114. The van der Waals surface area contributed by atoms with Gasteiger partial charge in [-0.15, -0.1) is 12.4 Å². The molecular formula is C34H57ClN2O. The van der Waals surface area contributed by atoms with Gasteiger partial charge in [-0.25, -0.2) is 0 Å². The van der Waals surface area contributed by atoms with Crippen LogP contribution in [0.2, 0.25) is 0 Å². The molecule has 0 spiro atoms. The summed E-state index contributed by atoms with van der Waals surface area (Å²) >= 11 is 0. The molecule has 38 heavy (non-hydrogen) atoms. The van der Waals surface area contributed by atoms with E-state index in [2.05, 4.69) is 34.6 Å². The molecule has 1 aromatic carbocycles. The minimum atomic E-state index is -0.431. The third-order valence-electron chi connectivity index (χ3n) is 12.0. The third kappa shape index (κ3) is 6.39. The van der Waals surface area contributed by atoms with Crippen LogP contribution in [0.25, 0.3) is 0 Å². The number of primary amides is 1. The lowest BCUT2D eigenvalue weighted by Gasteiger charge is -2.61. The largest absolute Gasteiger partial charge is 0.399 e. The molecule has 0 aromatic heterocycles. The van der Waals surface area contributed by atoms with Gasteiger partial charge in [0.15, 0.2) is 0 Å². The Morgan fingerprint density at radius 2 is 1.55 bits per heavy atom. The number of halogens is 1. The Morgan fingerprint density at radius 3 is 2.21 bits per heavy atom. The van der Waals surface area contributed by atoms with Gasteiger partial charge >= 0.3 is 0 Å². The third-order valence-corrected chi connectivity index (χ3v) is 12.0. The van der Waals surface area contributed by atoms with Crippen molar-refractivity contribution in [2.24, 2.45) is 58.0 Å². The van der Waals surface area contributed by atoms with E-state index in [1.54, 1.807) is 75.6 Å². The van der Waals surface area contributed by atoms with Crippen LogP contribution in [-0.4, -0.2) is 5.91 Å². The topological polar surface area (TPSA) is 69.1 Å². The van der Waals surface area contributed by atoms with Crippen molar-refractivity contribution in [3.8, 4) is 0 Å². The summed E-state index contributed by atoms with van der Waals surface area (Å²) in [7, 11) is 0. The van der Waals surface area contributed by atoms with Crippen LogP contribution in [0.4, 0.5) is 5.69 Å². The van der Waals surface area contributed by atoms with E-state index in [1.807, 2.05) is 0 Å². The zero-order valence-corrected chi connectivity index (χ0v) is 25.8. The van der Waals surface area contributed by atoms with Gasteiger partial charge in [0, 0.05) is 11.3 Å². The lowest BCUT2D eigenvalue weighted by Crippen LogP contribution is -2.53. The average molecular weight is 545 g/mol. The van der Waals surface area contributed by atoms with Crippen molar-refractivity contribution < 1.29 is 4.79 Å². The maximum Gasteiger partial charge on any atom is 0.248 e. The van der Waals surface area contributed by atoms with Crippen LogP contribution in [0.3, 0.4) is 0 Å². The summed E-state index contributed by atoms with van der Waals surface area (Å²) in [5, 5.41) is 0. The zero-order chi connectivity index (χ0) is 26.8. The Hall–Kier alpha value is -1.22. The average Bonchev–Trinajstić information content (AvgIpc) is 3.21. The number of fused-ring (bicyclic) bond motifs is 5. The molecule has 4 N–H and O–H groups in total. The molecule has 0 aliphatic heterocycles. The summed E-state index contributed by atoms with van der Waals surface area (Å²) in [6.45, 7) is 12.9. The SMILES string of the molecule is CC(C)CCC[C@@H](C)[C@H]1CC[C@H]2[C@@H]3CCC4CCCC[C@]4(C)[C@H]3CC[C@]12C.Cl.NC(=O)c1ccc(N)cc1. The molecule has 8 atom stereocenters. The summed E-state index contributed by atoms with van der Waals surface area (Å²) in [6, 6.07) is 6.47. The molecule has 0 bridgehead atoms. The number of hydrogen-bond acceptors (Lipinski definition) is 2. The van der Waals surface area contributed by atoms with Crippen molar-refractivity contribution in [2.45, 2.75) is 118 Å². The fourth-order valence-electron chi connectivity index (χ4n) is 9.97. The quantitative estimate of drug-likeness (QED) is 0.350. The second-order valence-electron chi connectivity index (χ2n) is 14.4. The van der Waals surface area contributed by atoms with Crippen LogP contribution in [0, 0.1) is 52.3 Å². The van der Waals surface area contributed by atoms with Crippen LogP contribution < -0.4 is 11.5 Å². The van der Waals surface area contributed by atoms with Crippen molar-refractivity contribution >= 4 is 24.0 Å². The molecule has 216 valence electrons. The second kappa shape index (κ2) is 13.0. The van der Waals surface area contributed by atoms with Crippen LogP contribution in [0.1, 0.15) is 128 Å². The van der Waals surface area contributed by atoms with Crippen LogP contribution in [0.5, 0.6) is 0 Å². The first kappa shape index (κ1) is 31.3. The maximum absolute atomic E-state index is 10.5. The van der Waals surface area contributed by atoms with E-state index in [-0.39, 0.29) is 12.4 Å². The molecule has 5 rings (SSSR count). The van der Waals surface area contributed by atoms with Crippen molar-refractivity contribution in [1.82, 2.24) is 0 Å². The lowest BCUT2D eigenvalue weighted by atomic mass is 9.44. The Balaban J connectivity index is 0.000000308. The molecule has 4 heteroatoms. The summed E-state index contributed by atoms with van der Waals surface area (Å²) in [4.78, 5) is 10.5. The molecule has 4 aliphatic rings. The fraction of sp³-hybridized carbons (Fsp3) is 0.794. The van der Waals surface area contributed by atoms with Crippen LogP contribution in [-0.2, 0) is 0 Å². The predicted molar refractivity (Wildman–Crippen MR) is 164 cm³/mol. The number of anilines is 1. The molecule has 1 unspecified atom stereocenters. The first-order valence-corrected chi connectivity index (χ1v) is 15.7. The predicted octanol–water partition coefficient (Wildman–Crippen LogP) is 9.29. The monoisotopic (exact) mass is 544 g/mol. The fourth-order valence-corrected chi connectivity index (χ4v) is 9.97. The van der Waals surface area contributed by atoms with Crippen molar-refractivity contribution in [3.63, 3.8) is 0 Å². The Bertz CT molecular complexity index is 900.